The van der Waals surface area contributed by atoms with E-state index in [0.717, 1.165) is 16.5 Å². The highest BCUT2D eigenvalue weighted by Gasteiger charge is 2.38. The fourth-order valence-electron chi connectivity index (χ4n) is 2.86. The van der Waals surface area contributed by atoms with E-state index in [1.165, 1.54) is 24.3 Å². The molecule has 29 heavy (non-hydrogen) atoms. The van der Waals surface area contributed by atoms with Gasteiger partial charge in [-0.3, -0.25) is 4.79 Å². The molecule has 0 saturated carbocycles. The van der Waals surface area contributed by atoms with Crippen LogP contribution in [-0.4, -0.2) is 31.9 Å². The number of rotatable bonds is 4. The summed E-state index contributed by atoms with van der Waals surface area (Å²) in [4.78, 5) is 11.0. The van der Waals surface area contributed by atoms with Gasteiger partial charge < -0.3 is 10.1 Å². The first-order valence-corrected chi connectivity index (χ1v) is 8.53. The lowest BCUT2D eigenvalue weighted by molar-refractivity contribution is -0.167. The second kappa shape index (κ2) is 7.04. The van der Waals surface area contributed by atoms with Crippen LogP contribution in [0.15, 0.2) is 48.5 Å². The normalized spacial score (nSPS) is 11.7. The number of nitrogens with zero attached hydrogens (tertiary/aromatic N) is 4. The Morgan fingerprint density at radius 1 is 1.07 bits per heavy atom. The first kappa shape index (κ1) is 18.7. The van der Waals surface area contributed by atoms with Gasteiger partial charge in [0.05, 0.1) is 5.69 Å². The molecule has 0 radical (unpaired) electrons. The fourth-order valence-corrected chi connectivity index (χ4v) is 2.86. The lowest BCUT2D eigenvalue weighted by Crippen LogP contribution is -2.29. The van der Waals surface area contributed by atoms with Crippen molar-refractivity contribution < 1.29 is 22.7 Å². The molecule has 4 rings (SSSR count). The molecular formula is C19H14F3N5O2. The number of nitrogens with one attached hydrogen (secondary N) is 1. The molecule has 2 heterocycles. The molecule has 4 aromatic rings. The van der Waals surface area contributed by atoms with Gasteiger partial charge in [-0.2, -0.15) is 22.8 Å². The summed E-state index contributed by atoms with van der Waals surface area (Å²) in [6.45, 7) is 1.95. The van der Waals surface area contributed by atoms with Crippen LogP contribution in [-0.2, 0) is 11.4 Å². The zero-order valence-corrected chi connectivity index (χ0v) is 15.1. The Balaban J connectivity index is 1.51. The molecule has 1 N–H and O–H groups in total. The van der Waals surface area contributed by atoms with Gasteiger partial charge in [0.15, 0.2) is 11.5 Å². The topological polar surface area (TPSA) is 81.4 Å². The van der Waals surface area contributed by atoms with Crippen molar-refractivity contribution in [1.82, 2.24) is 19.8 Å². The van der Waals surface area contributed by atoms with E-state index in [4.69, 9.17) is 4.74 Å². The van der Waals surface area contributed by atoms with Gasteiger partial charge in [0, 0.05) is 16.5 Å². The van der Waals surface area contributed by atoms with Crippen LogP contribution in [0.3, 0.4) is 0 Å². The zero-order valence-electron chi connectivity index (χ0n) is 15.1. The summed E-state index contributed by atoms with van der Waals surface area (Å²) in [5.74, 6) is -1.16. The third-order valence-electron chi connectivity index (χ3n) is 4.25. The molecular weight excluding hydrogens is 387 g/mol. The van der Waals surface area contributed by atoms with Gasteiger partial charge in [0.25, 0.3) is 0 Å². The van der Waals surface area contributed by atoms with Gasteiger partial charge in [-0.25, -0.2) is 0 Å². The molecule has 2 aromatic carbocycles. The third-order valence-corrected chi connectivity index (χ3v) is 4.25. The van der Waals surface area contributed by atoms with Crippen molar-refractivity contribution in [3.63, 3.8) is 0 Å². The Morgan fingerprint density at radius 3 is 2.45 bits per heavy atom. The number of hydrogen-bond acceptors (Lipinski definition) is 5. The summed E-state index contributed by atoms with van der Waals surface area (Å²) >= 11 is 0. The Bertz CT molecular complexity index is 1200. The van der Waals surface area contributed by atoms with E-state index in [1.807, 2.05) is 31.2 Å². The number of carbonyl (C=O) groups is 1. The molecule has 0 unspecified atom stereocenters. The summed E-state index contributed by atoms with van der Waals surface area (Å²) in [7, 11) is 0. The molecule has 2 aromatic heterocycles. The molecule has 0 bridgehead atoms. The maximum atomic E-state index is 12.3. The SMILES string of the molecule is Cc1nn2c(COc3ccc(NC(=O)C(F)(F)F)cc3)nnc2c2ccccc12. The summed E-state index contributed by atoms with van der Waals surface area (Å²) < 4.78 is 44.1. The number of amides is 1. The maximum absolute atomic E-state index is 12.3. The van der Waals surface area contributed by atoms with Crippen molar-refractivity contribution in [1.29, 1.82) is 0 Å². The van der Waals surface area contributed by atoms with Crippen molar-refractivity contribution in [2.45, 2.75) is 19.7 Å². The Labute approximate surface area is 162 Å². The quantitative estimate of drug-likeness (QED) is 0.564. The number of carbonyl (C=O) groups excluding carboxylic acids is 1. The smallest absolute Gasteiger partial charge is 0.471 e. The van der Waals surface area contributed by atoms with Crippen LogP contribution in [0.25, 0.3) is 16.4 Å². The van der Waals surface area contributed by atoms with E-state index >= 15 is 0 Å². The Morgan fingerprint density at radius 2 is 1.76 bits per heavy atom. The van der Waals surface area contributed by atoms with E-state index in [1.54, 1.807) is 9.83 Å². The second-order valence-corrected chi connectivity index (χ2v) is 6.25. The van der Waals surface area contributed by atoms with Gasteiger partial charge in [0.1, 0.15) is 12.4 Å². The van der Waals surface area contributed by atoms with Crippen LogP contribution < -0.4 is 10.1 Å². The zero-order chi connectivity index (χ0) is 20.6. The molecule has 0 saturated heterocycles. The van der Waals surface area contributed by atoms with Crippen LogP contribution in [0, 0.1) is 6.92 Å². The molecule has 0 aliphatic carbocycles. The molecule has 0 atom stereocenters. The molecule has 10 heteroatoms. The number of aryl methyl sites for hydroxylation is 1. The van der Waals surface area contributed by atoms with Crippen LogP contribution >= 0.6 is 0 Å². The lowest BCUT2D eigenvalue weighted by atomic mass is 10.1. The predicted molar refractivity (Wildman–Crippen MR) is 98.5 cm³/mol. The highest BCUT2D eigenvalue weighted by molar-refractivity contribution is 5.95. The van der Waals surface area contributed by atoms with E-state index in [9.17, 15) is 18.0 Å². The first-order chi connectivity index (χ1) is 13.8. The number of fused-ring (bicyclic) bond motifs is 3. The van der Waals surface area contributed by atoms with Crippen molar-refractivity contribution in [3.05, 3.63) is 60.0 Å². The molecule has 1 amide bonds. The number of aromatic nitrogens is 4. The van der Waals surface area contributed by atoms with E-state index in [-0.39, 0.29) is 12.3 Å². The van der Waals surface area contributed by atoms with Crippen molar-refractivity contribution in [2.75, 3.05) is 5.32 Å². The monoisotopic (exact) mass is 401 g/mol. The van der Waals surface area contributed by atoms with Gasteiger partial charge in [-0.15, -0.1) is 10.2 Å². The van der Waals surface area contributed by atoms with Crippen molar-refractivity contribution in [3.8, 4) is 5.75 Å². The number of alkyl halides is 3. The highest BCUT2D eigenvalue weighted by atomic mass is 19.4. The first-order valence-electron chi connectivity index (χ1n) is 8.53. The summed E-state index contributed by atoms with van der Waals surface area (Å²) in [5, 5.41) is 16.5. The number of benzene rings is 2. The summed E-state index contributed by atoms with van der Waals surface area (Å²) in [6.07, 6.45) is -4.95. The lowest BCUT2D eigenvalue weighted by Gasteiger charge is -2.09. The largest absolute Gasteiger partial charge is 0.486 e. The number of ether oxygens (including phenoxy) is 1. The van der Waals surface area contributed by atoms with Crippen LogP contribution in [0.5, 0.6) is 5.75 Å². The minimum atomic E-state index is -4.95. The van der Waals surface area contributed by atoms with Crippen LogP contribution in [0.4, 0.5) is 18.9 Å². The molecule has 148 valence electrons. The van der Waals surface area contributed by atoms with Crippen LogP contribution in [0.2, 0.25) is 0 Å². The van der Waals surface area contributed by atoms with Crippen LogP contribution in [0.1, 0.15) is 11.5 Å². The number of anilines is 1. The Hall–Kier alpha value is -3.69. The molecule has 7 nitrogen and oxygen atoms in total. The molecule has 0 spiro atoms. The molecule has 0 fully saturated rings. The van der Waals surface area contributed by atoms with E-state index in [0.29, 0.717) is 17.2 Å². The van der Waals surface area contributed by atoms with Crippen molar-refractivity contribution >= 4 is 28.0 Å². The van der Waals surface area contributed by atoms with E-state index in [2.05, 4.69) is 15.3 Å². The summed E-state index contributed by atoms with van der Waals surface area (Å²) in [6, 6.07) is 13.3. The highest BCUT2D eigenvalue weighted by Crippen LogP contribution is 2.23. The standard InChI is InChI=1S/C19H14F3N5O2/c1-11-14-4-2-3-5-15(14)17-25-24-16(27(17)26-11)10-29-13-8-6-12(7-9-13)23-18(28)19(20,21)22/h2-9H,10H2,1H3,(H,23,28). The minimum Gasteiger partial charge on any atom is -0.486 e. The minimum absolute atomic E-state index is 0.0105. The van der Waals surface area contributed by atoms with Crippen molar-refractivity contribution in [2.24, 2.45) is 0 Å². The van der Waals surface area contributed by atoms with Gasteiger partial charge >= 0.3 is 12.1 Å². The maximum Gasteiger partial charge on any atom is 0.471 e. The Kier molecular flexibility index (Phi) is 4.53. The van der Waals surface area contributed by atoms with Gasteiger partial charge in [-0.1, -0.05) is 24.3 Å². The second-order valence-electron chi connectivity index (χ2n) is 6.25. The average Bonchev–Trinajstić information content (AvgIpc) is 3.10. The number of hydrogen-bond donors (Lipinski definition) is 1. The average molecular weight is 401 g/mol. The molecule has 0 aliphatic heterocycles. The third kappa shape index (κ3) is 3.68. The number of halogens is 3. The van der Waals surface area contributed by atoms with Gasteiger partial charge in [-0.05, 0) is 31.2 Å². The van der Waals surface area contributed by atoms with Gasteiger partial charge in [0.2, 0.25) is 0 Å². The van der Waals surface area contributed by atoms with E-state index < -0.39 is 12.1 Å². The molecule has 0 aliphatic rings. The fraction of sp³-hybridized carbons (Fsp3) is 0.158. The summed E-state index contributed by atoms with van der Waals surface area (Å²) in [5.41, 5.74) is 1.44. The predicted octanol–water partition coefficient (Wildman–Crippen LogP) is 3.67.